The van der Waals surface area contributed by atoms with E-state index in [9.17, 15) is 30.0 Å². The zero-order valence-corrected chi connectivity index (χ0v) is 27.8. The number of carbonyl (C=O) groups is 3. The fraction of sp³-hybridized carbons (Fsp3) is 0.441. The second kappa shape index (κ2) is 16.2. The Morgan fingerprint density at radius 1 is 0.809 bits per heavy atom. The number of aromatic hydroxyl groups is 1. The number of pyridine rings is 2. The second-order valence-corrected chi connectivity index (χ2v) is 11.5. The highest BCUT2D eigenvalue weighted by atomic mass is 16.5. The first-order valence-corrected chi connectivity index (χ1v) is 15.5. The van der Waals surface area contributed by atoms with E-state index in [1.54, 1.807) is 38.4 Å². The number of fused-ring (bicyclic) bond motifs is 2. The highest BCUT2D eigenvalue weighted by Crippen LogP contribution is 2.33. The first kappa shape index (κ1) is 36.0. The minimum atomic E-state index is -0.730. The summed E-state index contributed by atoms with van der Waals surface area (Å²) in [5, 5.41) is 30.0. The van der Waals surface area contributed by atoms with Crippen molar-refractivity contribution >= 4 is 39.7 Å². The van der Waals surface area contributed by atoms with Gasteiger partial charge in [-0.3, -0.25) is 4.79 Å². The molecule has 248 valence electrons. The Morgan fingerprint density at radius 2 is 1.26 bits per heavy atom. The van der Waals surface area contributed by atoms with Gasteiger partial charge in [-0.05, 0) is 50.7 Å². The van der Waals surface area contributed by atoms with Crippen LogP contribution in [0.1, 0.15) is 93.7 Å². The molecule has 0 aliphatic carbocycles. The summed E-state index contributed by atoms with van der Waals surface area (Å²) in [5.74, 6) is -1.24. The maximum Gasteiger partial charge on any atom is 0.360 e. The first-order valence-electron chi connectivity index (χ1n) is 15.5. The monoisotopic (exact) mass is 644 g/mol. The van der Waals surface area contributed by atoms with Crippen molar-refractivity contribution in [3.05, 3.63) is 47.3 Å². The highest BCUT2D eigenvalue weighted by Gasteiger charge is 2.25. The SMILES string of the molecule is CCOC(=O)c1nc(C#N)c2c(ccn2CCC(C)C)c1O.CCOC(=O)c1nc(C#N)c2c(ccn2CCC(C)C)c1OC(C)=O. The van der Waals surface area contributed by atoms with Gasteiger partial charge in [-0.1, -0.05) is 27.7 Å². The predicted octanol–water partition coefficient (Wildman–Crippen LogP) is 5.89. The van der Waals surface area contributed by atoms with Crippen molar-refractivity contribution in [2.24, 2.45) is 11.8 Å². The van der Waals surface area contributed by atoms with E-state index in [4.69, 9.17) is 14.2 Å². The number of esters is 3. The third-order valence-corrected chi connectivity index (χ3v) is 7.05. The van der Waals surface area contributed by atoms with Crippen LogP contribution in [0.3, 0.4) is 0 Å². The van der Waals surface area contributed by atoms with Crippen molar-refractivity contribution in [2.45, 2.75) is 74.4 Å². The maximum atomic E-state index is 12.2. The first-order chi connectivity index (χ1) is 22.4. The third-order valence-electron chi connectivity index (χ3n) is 7.05. The Labute approximate surface area is 273 Å². The molecule has 0 saturated heterocycles. The van der Waals surface area contributed by atoms with Crippen molar-refractivity contribution in [3.8, 4) is 23.6 Å². The zero-order valence-electron chi connectivity index (χ0n) is 27.8. The van der Waals surface area contributed by atoms with Crippen LogP contribution in [-0.2, 0) is 27.4 Å². The van der Waals surface area contributed by atoms with Crippen molar-refractivity contribution in [1.29, 1.82) is 10.5 Å². The molecule has 4 aromatic heterocycles. The average Bonchev–Trinajstić information content (AvgIpc) is 3.65. The van der Waals surface area contributed by atoms with Crippen molar-refractivity contribution < 1.29 is 33.7 Å². The largest absolute Gasteiger partial charge is 0.505 e. The van der Waals surface area contributed by atoms with E-state index in [2.05, 4.69) is 37.7 Å². The van der Waals surface area contributed by atoms with Gasteiger partial charge in [0.25, 0.3) is 0 Å². The van der Waals surface area contributed by atoms with Crippen LogP contribution in [0.5, 0.6) is 11.5 Å². The molecular formula is C34H40N6O7. The van der Waals surface area contributed by atoms with E-state index < -0.39 is 17.9 Å². The van der Waals surface area contributed by atoms with Gasteiger partial charge in [0, 0.05) is 43.2 Å². The Hall–Kier alpha value is -5.43. The number of aromatic nitrogens is 4. The summed E-state index contributed by atoms with van der Waals surface area (Å²) in [4.78, 5) is 43.6. The van der Waals surface area contributed by atoms with Gasteiger partial charge in [0.05, 0.1) is 24.2 Å². The molecule has 1 N–H and O–H groups in total. The number of ether oxygens (including phenoxy) is 3. The fourth-order valence-corrected chi connectivity index (χ4v) is 4.78. The number of nitriles is 2. The molecule has 4 heterocycles. The second-order valence-electron chi connectivity index (χ2n) is 11.5. The minimum absolute atomic E-state index is 0.0308. The molecule has 13 nitrogen and oxygen atoms in total. The predicted molar refractivity (Wildman–Crippen MR) is 173 cm³/mol. The molecule has 0 bridgehead atoms. The van der Waals surface area contributed by atoms with Crippen LogP contribution in [0, 0.1) is 34.5 Å². The summed E-state index contributed by atoms with van der Waals surface area (Å²) >= 11 is 0. The number of carbonyl (C=O) groups excluding carboxylic acids is 3. The Balaban J connectivity index is 0.000000257. The molecule has 0 aliphatic rings. The van der Waals surface area contributed by atoms with Gasteiger partial charge in [0.2, 0.25) is 0 Å². The molecule has 0 saturated carbocycles. The van der Waals surface area contributed by atoms with E-state index in [0.717, 1.165) is 19.4 Å². The van der Waals surface area contributed by atoms with Crippen LogP contribution >= 0.6 is 0 Å². The highest BCUT2D eigenvalue weighted by molar-refractivity contribution is 6.02. The normalized spacial score (nSPS) is 10.8. The van der Waals surface area contributed by atoms with E-state index in [1.807, 2.05) is 21.3 Å². The van der Waals surface area contributed by atoms with Crippen LogP contribution in [0.2, 0.25) is 0 Å². The topological polar surface area (TPSA) is 182 Å². The summed E-state index contributed by atoms with van der Waals surface area (Å²) < 4.78 is 18.9. The molecule has 0 spiro atoms. The summed E-state index contributed by atoms with van der Waals surface area (Å²) in [5.41, 5.74) is 0.934. The molecule has 13 heteroatoms. The lowest BCUT2D eigenvalue weighted by Crippen LogP contribution is -2.14. The van der Waals surface area contributed by atoms with E-state index in [1.165, 1.54) is 6.92 Å². The Bertz CT molecular complexity index is 1860. The molecule has 0 fully saturated rings. The van der Waals surface area contributed by atoms with Gasteiger partial charge < -0.3 is 28.5 Å². The van der Waals surface area contributed by atoms with Crippen LogP contribution in [0.15, 0.2) is 24.5 Å². The molecule has 4 aromatic rings. The molecular weight excluding hydrogens is 604 g/mol. The molecule has 0 aliphatic heterocycles. The summed E-state index contributed by atoms with van der Waals surface area (Å²) in [6, 6.07) is 7.43. The number of hydrogen-bond donors (Lipinski definition) is 1. The fourth-order valence-electron chi connectivity index (χ4n) is 4.78. The quantitative estimate of drug-likeness (QED) is 0.192. The standard InChI is InChI=1S/C18H21N3O4.C16H19N3O3/c1-5-24-18(23)15-17(25-12(4)22)13-7-9-21(8-6-11(2)3)16(13)14(10-19)20-15;1-4-22-16(21)13-15(20)11-6-8-19(7-5-10(2)3)14(11)12(9-17)18-13/h7,9,11H,5-6,8H2,1-4H3;6,8,10,20H,4-5,7H2,1-3H3. The summed E-state index contributed by atoms with van der Waals surface area (Å²) in [6.07, 6.45) is 5.45. The Morgan fingerprint density at radius 3 is 1.70 bits per heavy atom. The van der Waals surface area contributed by atoms with Crippen LogP contribution in [0.4, 0.5) is 0 Å². The van der Waals surface area contributed by atoms with E-state index in [0.29, 0.717) is 40.2 Å². The molecule has 0 atom stereocenters. The lowest BCUT2D eigenvalue weighted by Gasteiger charge is -2.12. The molecule has 0 unspecified atom stereocenters. The van der Waals surface area contributed by atoms with Crippen LogP contribution in [-0.4, -0.2) is 55.3 Å². The van der Waals surface area contributed by atoms with Gasteiger partial charge in [-0.25, -0.2) is 19.6 Å². The average molecular weight is 645 g/mol. The number of hydrogen-bond acceptors (Lipinski definition) is 11. The van der Waals surface area contributed by atoms with Crippen LogP contribution in [0.25, 0.3) is 21.8 Å². The van der Waals surface area contributed by atoms with Gasteiger partial charge in [0.1, 0.15) is 12.1 Å². The molecule has 4 rings (SSSR count). The Kier molecular flexibility index (Phi) is 12.4. The van der Waals surface area contributed by atoms with Gasteiger partial charge in [0.15, 0.2) is 34.3 Å². The minimum Gasteiger partial charge on any atom is -0.505 e. The lowest BCUT2D eigenvalue weighted by molar-refractivity contribution is -0.131. The summed E-state index contributed by atoms with van der Waals surface area (Å²) in [6.45, 7) is 14.8. The number of nitrogens with zero attached hydrogens (tertiary/aromatic N) is 6. The van der Waals surface area contributed by atoms with E-state index >= 15 is 0 Å². The maximum absolute atomic E-state index is 12.2. The zero-order chi connectivity index (χ0) is 34.8. The lowest BCUT2D eigenvalue weighted by atomic mass is 10.1. The molecule has 0 radical (unpaired) electrons. The third kappa shape index (κ3) is 8.44. The number of aryl methyl sites for hydroxylation is 2. The smallest absolute Gasteiger partial charge is 0.360 e. The molecule has 0 aromatic carbocycles. The van der Waals surface area contributed by atoms with E-state index in [-0.39, 0.29) is 47.5 Å². The van der Waals surface area contributed by atoms with Crippen molar-refractivity contribution in [2.75, 3.05) is 13.2 Å². The number of rotatable bonds is 11. The molecule has 47 heavy (non-hydrogen) atoms. The van der Waals surface area contributed by atoms with Crippen molar-refractivity contribution in [1.82, 2.24) is 19.1 Å². The van der Waals surface area contributed by atoms with Gasteiger partial charge in [-0.2, -0.15) is 10.5 Å². The summed E-state index contributed by atoms with van der Waals surface area (Å²) in [7, 11) is 0. The molecule has 0 amide bonds. The van der Waals surface area contributed by atoms with Gasteiger partial charge in [-0.15, -0.1) is 0 Å². The van der Waals surface area contributed by atoms with Crippen molar-refractivity contribution in [3.63, 3.8) is 0 Å². The van der Waals surface area contributed by atoms with Crippen LogP contribution < -0.4 is 4.74 Å². The van der Waals surface area contributed by atoms with Gasteiger partial charge >= 0.3 is 17.9 Å².